The number of nitrogens with zero attached hydrogens (tertiary/aromatic N) is 1. The standard InChI is InChI=1S/C13H16N2O/c14-13(16)15-6-5-10-8-11(15)7-9-3-1-2-4-12(9)10/h1-4,10-11H,5-8H2,(H2,14,16)/t10-,11-/m1/s1. The summed E-state index contributed by atoms with van der Waals surface area (Å²) in [6, 6.07) is 8.66. The minimum absolute atomic E-state index is 0.261. The zero-order valence-corrected chi connectivity index (χ0v) is 9.23. The van der Waals surface area contributed by atoms with Gasteiger partial charge in [-0.25, -0.2) is 4.79 Å². The van der Waals surface area contributed by atoms with Crippen molar-refractivity contribution in [3.63, 3.8) is 0 Å². The molecule has 2 N–H and O–H groups in total. The minimum Gasteiger partial charge on any atom is -0.351 e. The van der Waals surface area contributed by atoms with E-state index in [0.717, 1.165) is 25.8 Å². The SMILES string of the molecule is NC(=O)N1CC[C@@H]2C[C@H]1Cc1ccccc12. The van der Waals surface area contributed by atoms with Gasteiger partial charge < -0.3 is 10.6 Å². The van der Waals surface area contributed by atoms with E-state index in [1.54, 1.807) is 0 Å². The van der Waals surface area contributed by atoms with Crippen LogP contribution in [0.4, 0.5) is 4.79 Å². The molecule has 0 unspecified atom stereocenters. The molecule has 1 aromatic carbocycles. The van der Waals surface area contributed by atoms with Gasteiger partial charge in [0.15, 0.2) is 0 Å². The minimum atomic E-state index is -0.261. The Labute approximate surface area is 95.2 Å². The fraction of sp³-hybridized carbons (Fsp3) is 0.462. The normalized spacial score (nSPS) is 27.4. The number of hydrogen-bond acceptors (Lipinski definition) is 1. The topological polar surface area (TPSA) is 46.3 Å². The van der Waals surface area contributed by atoms with Gasteiger partial charge in [-0.05, 0) is 36.3 Å². The predicted octanol–water partition coefficient (Wildman–Crippen LogP) is 1.87. The Morgan fingerprint density at radius 3 is 3.00 bits per heavy atom. The predicted molar refractivity (Wildman–Crippen MR) is 62.2 cm³/mol. The highest BCUT2D eigenvalue weighted by Crippen LogP contribution is 2.39. The van der Waals surface area contributed by atoms with Gasteiger partial charge in [0.05, 0.1) is 0 Å². The number of urea groups is 1. The second-order valence-electron chi connectivity index (χ2n) is 4.81. The highest BCUT2D eigenvalue weighted by Gasteiger charge is 2.35. The van der Waals surface area contributed by atoms with E-state index in [1.165, 1.54) is 11.1 Å². The molecule has 2 bridgehead atoms. The quantitative estimate of drug-likeness (QED) is 0.707. The number of nitrogens with two attached hydrogens (primary N) is 1. The molecule has 0 radical (unpaired) electrons. The zero-order chi connectivity index (χ0) is 11.1. The summed E-state index contributed by atoms with van der Waals surface area (Å²) in [5.41, 5.74) is 8.30. The van der Waals surface area contributed by atoms with Crippen molar-refractivity contribution in [1.82, 2.24) is 4.90 Å². The van der Waals surface area contributed by atoms with Crippen LogP contribution in [0, 0.1) is 0 Å². The molecule has 0 aromatic heterocycles. The first-order valence-electron chi connectivity index (χ1n) is 5.89. The van der Waals surface area contributed by atoms with Crippen LogP contribution in [0.25, 0.3) is 0 Å². The number of benzene rings is 1. The van der Waals surface area contributed by atoms with Crippen molar-refractivity contribution >= 4 is 6.03 Å². The van der Waals surface area contributed by atoms with E-state index < -0.39 is 0 Å². The molecule has 3 nitrogen and oxygen atoms in total. The third-order valence-electron chi connectivity index (χ3n) is 3.95. The number of hydrogen-bond donors (Lipinski definition) is 1. The van der Waals surface area contributed by atoms with Gasteiger partial charge >= 0.3 is 6.03 Å². The Morgan fingerprint density at radius 1 is 1.38 bits per heavy atom. The molecule has 1 aromatic rings. The average Bonchev–Trinajstić information content (AvgIpc) is 2.29. The van der Waals surface area contributed by atoms with Gasteiger partial charge in [0.2, 0.25) is 0 Å². The summed E-state index contributed by atoms with van der Waals surface area (Å²) in [6.07, 6.45) is 3.10. The van der Waals surface area contributed by atoms with Gasteiger partial charge in [-0.1, -0.05) is 24.3 Å². The van der Waals surface area contributed by atoms with Crippen molar-refractivity contribution in [2.45, 2.75) is 31.2 Å². The van der Waals surface area contributed by atoms with E-state index in [1.807, 2.05) is 4.90 Å². The fourth-order valence-electron chi connectivity index (χ4n) is 3.19. The molecule has 1 aliphatic heterocycles. The van der Waals surface area contributed by atoms with E-state index in [2.05, 4.69) is 24.3 Å². The van der Waals surface area contributed by atoms with Crippen molar-refractivity contribution in [2.24, 2.45) is 5.73 Å². The van der Waals surface area contributed by atoms with Crippen LogP contribution >= 0.6 is 0 Å². The van der Waals surface area contributed by atoms with Crippen LogP contribution in [0.2, 0.25) is 0 Å². The van der Waals surface area contributed by atoms with Crippen molar-refractivity contribution in [2.75, 3.05) is 6.54 Å². The second-order valence-corrected chi connectivity index (χ2v) is 4.81. The fourth-order valence-corrected chi connectivity index (χ4v) is 3.19. The number of fused-ring (bicyclic) bond motifs is 4. The van der Waals surface area contributed by atoms with Crippen molar-refractivity contribution < 1.29 is 4.79 Å². The van der Waals surface area contributed by atoms with Crippen molar-refractivity contribution in [3.8, 4) is 0 Å². The summed E-state index contributed by atoms with van der Waals surface area (Å²) in [4.78, 5) is 13.2. The Hall–Kier alpha value is -1.51. The summed E-state index contributed by atoms with van der Waals surface area (Å²) >= 11 is 0. The first kappa shape index (κ1) is 9.70. The molecular formula is C13H16N2O. The maximum Gasteiger partial charge on any atom is 0.315 e. The van der Waals surface area contributed by atoms with Crippen LogP contribution in [-0.2, 0) is 6.42 Å². The molecule has 84 valence electrons. The smallest absolute Gasteiger partial charge is 0.315 e. The van der Waals surface area contributed by atoms with Crippen molar-refractivity contribution in [1.29, 1.82) is 0 Å². The number of rotatable bonds is 0. The van der Waals surface area contributed by atoms with Crippen LogP contribution in [0.3, 0.4) is 0 Å². The largest absolute Gasteiger partial charge is 0.351 e. The van der Waals surface area contributed by atoms with Crippen LogP contribution in [0.5, 0.6) is 0 Å². The number of amides is 2. The summed E-state index contributed by atoms with van der Waals surface area (Å²) in [5, 5.41) is 0. The van der Waals surface area contributed by atoms with Gasteiger partial charge in [-0.3, -0.25) is 0 Å². The highest BCUT2D eigenvalue weighted by atomic mass is 16.2. The Morgan fingerprint density at radius 2 is 2.19 bits per heavy atom. The zero-order valence-electron chi connectivity index (χ0n) is 9.23. The number of carbonyl (C=O) groups excluding carboxylic acids is 1. The molecule has 0 spiro atoms. The monoisotopic (exact) mass is 216 g/mol. The third kappa shape index (κ3) is 1.39. The number of primary amides is 1. The van der Waals surface area contributed by atoms with Crippen LogP contribution in [0.15, 0.2) is 24.3 Å². The molecule has 1 saturated heterocycles. The van der Waals surface area contributed by atoms with Gasteiger partial charge in [-0.15, -0.1) is 0 Å². The summed E-state index contributed by atoms with van der Waals surface area (Å²) in [7, 11) is 0. The lowest BCUT2D eigenvalue weighted by Crippen LogP contribution is -2.50. The van der Waals surface area contributed by atoms with Crippen LogP contribution < -0.4 is 5.73 Å². The number of likely N-dealkylation sites (tertiary alicyclic amines) is 1. The lowest BCUT2D eigenvalue weighted by atomic mass is 9.75. The molecular weight excluding hydrogens is 200 g/mol. The van der Waals surface area contributed by atoms with Crippen molar-refractivity contribution in [3.05, 3.63) is 35.4 Å². The molecule has 2 aliphatic rings. The molecule has 3 heteroatoms. The molecule has 1 aliphatic carbocycles. The lowest BCUT2D eigenvalue weighted by molar-refractivity contribution is 0.143. The van der Waals surface area contributed by atoms with E-state index in [0.29, 0.717) is 12.0 Å². The highest BCUT2D eigenvalue weighted by molar-refractivity contribution is 5.72. The molecule has 2 atom stereocenters. The molecule has 16 heavy (non-hydrogen) atoms. The maximum atomic E-state index is 11.3. The van der Waals surface area contributed by atoms with Gasteiger partial charge in [0.25, 0.3) is 0 Å². The lowest BCUT2D eigenvalue weighted by Gasteiger charge is -2.43. The van der Waals surface area contributed by atoms with E-state index in [4.69, 9.17) is 5.73 Å². The second kappa shape index (κ2) is 3.51. The third-order valence-corrected chi connectivity index (χ3v) is 3.95. The summed E-state index contributed by atoms with van der Waals surface area (Å²) in [6.45, 7) is 0.818. The average molecular weight is 216 g/mol. The van der Waals surface area contributed by atoms with Gasteiger partial charge in [-0.2, -0.15) is 0 Å². The van der Waals surface area contributed by atoms with Gasteiger partial charge in [0, 0.05) is 12.6 Å². The number of carbonyl (C=O) groups is 1. The molecule has 3 rings (SSSR count). The molecule has 0 saturated carbocycles. The van der Waals surface area contributed by atoms with E-state index in [9.17, 15) is 4.79 Å². The molecule has 1 heterocycles. The van der Waals surface area contributed by atoms with E-state index in [-0.39, 0.29) is 6.03 Å². The Kier molecular flexibility index (Phi) is 2.13. The molecule has 1 fully saturated rings. The number of piperidine rings is 1. The van der Waals surface area contributed by atoms with Gasteiger partial charge in [0.1, 0.15) is 0 Å². The first-order chi connectivity index (χ1) is 7.75. The van der Waals surface area contributed by atoms with E-state index >= 15 is 0 Å². The summed E-state index contributed by atoms with van der Waals surface area (Å²) < 4.78 is 0. The maximum absolute atomic E-state index is 11.3. The van der Waals surface area contributed by atoms with Crippen LogP contribution in [0.1, 0.15) is 29.9 Å². The Bertz CT molecular complexity index is 430. The summed E-state index contributed by atoms with van der Waals surface area (Å²) in [5.74, 6) is 0.630. The Balaban J connectivity index is 1.95. The first-order valence-corrected chi connectivity index (χ1v) is 5.89. The molecule has 2 amide bonds. The van der Waals surface area contributed by atoms with Crippen LogP contribution in [-0.4, -0.2) is 23.5 Å².